The van der Waals surface area contributed by atoms with Gasteiger partial charge in [-0.3, -0.25) is 14.4 Å². The first-order valence-corrected chi connectivity index (χ1v) is 13.0. The summed E-state index contributed by atoms with van der Waals surface area (Å²) in [6.07, 6.45) is -0.444. The number of β-amino-alcohol motifs (C(OH)–C–C–N with tert-alkyl or cyclic N) is 1. The third-order valence-corrected chi connectivity index (χ3v) is 7.66. The van der Waals surface area contributed by atoms with Crippen LogP contribution in [0.2, 0.25) is 0 Å². The average molecular weight is 500 g/mol. The van der Waals surface area contributed by atoms with Crippen molar-refractivity contribution in [3.05, 3.63) is 41.0 Å². The maximum Gasteiger partial charge on any atom is 0.243 e. The van der Waals surface area contributed by atoms with Gasteiger partial charge in [-0.2, -0.15) is 0 Å². The van der Waals surface area contributed by atoms with E-state index in [0.29, 0.717) is 6.54 Å². The first-order valence-electron chi connectivity index (χ1n) is 12.2. The van der Waals surface area contributed by atoms with Crippen LogP contribution >= 0.6 is 11.3 Å². The SMILES string of the molecule is Cc1ncsc1-c1ccc(CNC(=O)[C@@H]2C[C@@H](O)CN2C(=O)[C@@H](CC(=O)C(C)C)C(C)(C)C)cc1. The Morgan fingerprint density at radius 2 is 1.86 bits per heavy atom. The van der Waals surface area contributed by atoms with E-state index in [4.69, 9.17) is 0 Å². The molecule has 35 heavy (non-hydrogen) atoms. The Hall–Kier alpha value is -2.58. The van der Waals surface area contributed by atoms with Gasteiger partial charge in [-0.1, -0.05) is 58.9 Å². The van der Waals surface area contributed by atoms with Crippen LogP contribution < -0.4 is 5.32 Å². The van der Waals surface area contributed by atoms with Crippen molar-refractivity contribution < 1.29 is 19.5 Å². The molecule has 1 aromatic heterocycles. The number of aromatic nitrogens is 1. The molecule has 0 bridgehead atoms. The standard InChI is InChI=1S/C27H37N3O4S/c1-16(2)23(32)12-21(27(4,5)6)26(34)30-14-20(31)11-22(30)25(33)28-13-18-7-9-19(10-8-18)24-17(3)29-15-35-24/h7-10,15-16,20-22,31H,11-14H2,1-6H3,(H,28,33)/t20-,21-,22+/m1/s1. The Morgan fingerprint density at radius 1 is 1.20 bits per heavy atom. The average Bonchev–Trinajstić information content (AvgIpc) is 3.40. The number of nitrogens with one attached hydrogen (secondary N) is 1. The van der Waals surface area contributed by atoms with Crippen LogP contribution in [0.15, 0.2) is 29.8 Å². The molecule has 3 rings (SSSR count). The van der Waals surface area contributed by atoms with Crippen molar-refractivity contribution in [3.8, 4) is 10.4 Å². The fourth-order valence-corrected chi connectivity index (χ4v) is 5.18. The van der Waals surface area contributed by atoms with Gasteiger partial charge in [0.2, 0.25) is 11.8 Å². The molecule has 1 aliphatic heterocycles. The van der Waals surface area contributed by atoms with Crippen LogP contribution in [0.25, 0.3) is 10.4 Å². The van der Waals surface area contributed by atoms with Crippen molar-refractivity contribution in [2.45, 2.75) is 73.1 Å². The largest absolute Gasteiger partial charge is 0.391 e. The van der Waals surface area contributed by atoms with Gasteiger partial charge in [0.1, 0.15) is 11.8 Å². The number of Topliss-reactive ketones (excluding diaryl/α,β-unsaturated/α-hetero) is 1. The third kappa shape index (κ3) is 6.55. The molecule has 8 heteroatoms. The van der Waals surface area contributed by atoms with Crippen molar-refractivity contribution in [1.29, 1.82) is 0 Å². The Labute approximate surface area is 212 Å². The molecule has 7 nitrogen and oxygen atoms in total. The number of thiazole rings is 1. The quantitative estimate of drug-likeness (QED) is 0.572. The highest BCUT2D eigenvalue weighted by molar-refractivity contribution is 7.13. The molecular formula is C27H37N3O4S. The second kappa shape index (κ2) is 11.0. The van der Waals surface area contributed by atoms with Gasteiger partial charge in [0.15, 0.2) is 0 Å². The van der Waals surface area contributed by atoms with Crippen molar-refractivity contribution in [2.75, 3.05) is 6.54 Å². The fraction of sp³-hybridized carbons (Fsp3) is 0.556. The zero-order valence-corrected chi connectivity index (χ0v) is 22.3. The maximum absolute atomic E-state index is 13.5. The van der Waals surface area contributed by atoms with Crippen molar-refractivity contribution in [2.24, 2.45) is 17.3 Å². The zero-order chi connectivity index (χ0) is 25.9. The fourth-order valence-electron chi connectivity index (χ4n) is 4.37. The summed E-state index contributed by atoms with van der Waals surface area (Å²) in [5.74, 6) is -1.23. The minimum Gasteiger partial charge on any atom is -0.391 e. The lowest BCUT2D eigenvalue weighted by atomic mass is 9.76. The number of amides is 2. The first-order chi connectivity index (χ1) is 16.4. The minimum absolute atomic E-state index is 0.0241. The second-order valence-corrected chi connectivity index (χ2v) is 11.7. The number of hydrogen-bond donors (Lipinski definition) is 2. The maximum atomic E-state index is 13.5. The number of aryl methyl sites for hydroxylation is 1. The molecule has 2 amide bonds. The monoisotopic (exact) mass is 499 g/mol. The van der Waals surface area contributed by atoms with E-state index < -0.39 is 23.5 Å². The summed E-state index contributed by atoms with van der Waals surface area (Å²) in [7, 11) is 0. The van der Waals surface area contributed by atoms with Gasteiger partial charge in [0.05, 0.1) is 22.2 Å². The summed E-state index contributed by atoms with van der Waals surface area (Å²) in [6, 6.07) is 7.20. The van der Waals surface area contributed by atoms with Crippen molar-refractivity contribution >= 4 is 28.9 Å². The Bertz CT molecular complexity index is 1060. The lowest BCUT2D eigenvalue weighted by Gasteiger charge is -2.35. The van der Waals surface area contributed by atoms with Gasteiger partial charge in [0, 0.05) is 37.8 Å². The highest BCUT2D eigenvalue weighted by Crippen LogP contribution is 2.34. The molecule has 0 saturated carbocycles. The van der Waals surface area contributed by atoms with Crippen LogP contribution in [0.4, 0.5) is 0 Å². The predicted molar refractivity (Wildman–Crippen MR) is 138 cm³/mol. The molecule has 2 aromatic rings. The number of benzene rings is 1. The van der Waals surface area contributed by atoms with Crippen molar-refractivity contribution in [1.82, 2.24) is 15.2 Å². The molecule has 2 heterocycles. The topological polar surface area (TPSA) is 99.6 Å². The molecule has 1 aliphatic rings. The molecule has 190 valence electrons. The van der Waals surface area contributed by atoms with E-state index in [9.17, 15) is 19.5 Å². The lowest BCUT2D eigenvalue weighted by molar-refractivity contribution is -0.146. The highest BCUT2D eigenvalue weighted by atomic mass is 32.1. The summed E-state index contributed by atoms with van der Waals surface area (Å²) in [5.41, 5.74) is 4.39. The number of carbonyl (C=O) groups is 3. The number of ketones is 1. The summed E-state index contributed by atoms with van der Waals surface area (Å²) in [4.78, 5) is 46.0. The van der Waals surface area contributed by atoms with Gasteiger partial charge in [0.25, 0.3) is 0 Å². The summed E-state index contributed by atoms with van der Waals surface area (Å²) >= 11 is 1.59. The van der Waals surface area contributed by atoms with E-state index in [1.807, 2.05) is 71.3 Å². The first kappa shape index (κ1) is 27.0. The number of likely N-dealkylation sites (tertiary alicyclic amines) is 1. The molecule has 2 N–H and O–H groups in total. The predicted octanol–water partition coefficient (Wildman–Crippen LogP) is 3.97. The van der Waals surface area contributed by atoms with Crippen LogP contribution in [0.5, 0.6) is 0 Å². The number of hydrogen-bond acceptors (Lipinski definition) is 6. The van der Waals surface area contributed by atoms with E-state index in [1.165, 1.54) is 4.90 Å². The number of aliphatic hydroxyl groups excluding tert-OH is 1. The molecule has 3 atom stereocenters. The van der Waals surface area contributed by atoms with E-state index in [2.05, 4.69) is 10.3 Å². The van der Waals surface area contributed by atoms with Crippen molar-refractivity contribution in [3.63, 3.8) is 0 Å². The van der Waals surface area contributed by atoms with Crippen LogP contribution in [-0.2, 0) is 20.9 Å². The summed E-state index contributed by atoms with van der Waals surface area (Å²) in [6.45, 7) is 11.9. The molecule has 0 spiro atoms. The van der Waals surface area contributed by atoms with Crippen LogP contribution in [-0.4, -0.2) is 51.3 Å². The van der Waals surface area contributed by atoms with Crippen LogP contribution in [0, 0.1) is 24.2 Å². The lowest BCUT2D eigenvalue weighted by Crippen LogP contribution is -2.50. The molecule has 1 aromatic carbocycles. The van der Waals surface area contributed by atoms with Gasteiger partial charge in [-0.05, 0) is 23.5 Å². The normalized spacial score (nSPS) is 19.1. The Balaban J connectivity index is 1.68. The Kier molecular flexibility index (Phi) is 8.49. The number of rotatable bonds is 8. The zero-order valence-electron chi connectivity index (χ0n) is 21.5. The van der Waals surface area contributed by atoms with Gasteiger partial charge < -0.3 is 15.3 Å². The molecule has 1 saturated heterocycles. The smallest absolute Gasteiger partial charge is 0.243 e. The summed E-state index contributed by atoms with van der Waals surface area (Å²) < 4.78 is 0. The third-order valence-electron chi connectivity index (χ3n) is 6.69. The van der Waals surface area contributed by atoms with Crippen LogP contribution in [0.1, 0.15) is 58.7 Å². The van der Waals surface area contributed by atoms with E-state index >= 15 is 0 Å². The van der Waals surface area contributed by atoms with Crippen LogP contribution in [0.3, 0.4) is 0 Å². The van der Waals surface area contributed by atoms with E-state index in [1.54, 1.807) is 11.3 Å². The second-order valence-electron chi connectivity index (χ2n) is 10.8. The molecule has 1 fully saturated rings. The number of nitrogens with zero attached hydrogens (tertiary/aromatic N) is 2. The molecular weight excluding hydrogens is 462 g/mol. The number of aliphatic hydroxyl groups is 1. The summed E-state index contributed by atoms with van der Waals surface area (Å²) in [5, 5.41) is 13.2. The molecule has 0 unspecified atom stereocenters. The van der Waals surface area contributed by atoms with E-state index in [0.717, 1.165) is 21.7 Å². The van der Waals surface area contributed by atoms with Gasteiger partial charge >= 0.3 is 0 Å². The Morgan fingerprint density at radius 3 is 2.40 bits per heavy atom. The number of carbonyl (C=O) groups excluding carboxylic acids is 3. The minimum atomic E-state index is -0.766. The highest BCUT2D eigenvalue weighted by Gasteiger charge is 2.44. The molecule has 0 radical (unpaired) electrons. The van der Waals surface area contributed by atoms with Gasteiger partial charge in [-0.25, -0.2) is 4.98 Å². The van der Waals surface area contributed by atoms with Gasteiger partial charge in [-0.15, -0.1) is 11.3 Å². The van der Waals surface area contributed by atoms with E-state index in [-0.39, 0.29) is 42.9 Å². The molecule has 0 aliphatic carbocycles.